The number of nitrogens with zero attached hydrogens (tertiary/aromatic N) is 6. The number of nitriles is 1. The van der Waals surface area contributed by atoms with E-state index in [2.05, 4.69) is 15.1 Å². The van der Waals surface area contributed by atoms with Gasteiger partial charge in [0.2, 0.25) is 5.95 Å². The molecule has 0 spiro atoms. The molecule has 4 rings (SSSR count). The number of anilines is 1. The molecule has 1 aliphatic heterocycles. The van der Waals surface area contributed by atoms with E-state index in [1.54, 1.807) is 43.3 Å². The van der Waals surface area contributed by atoms with Crippen LogP contribution in [0.4, 0.5) is 5.95 Å². The van der Waals surface area contributed by atoms with Crippen molar-refractivity contribution in [3.63, 3.8) is 0 Å². The lowest BCUT2D eigenvalue weighted by molar-refractivity contribution is 0.0587. The maximum absolute atomic E-state index is 12.7. The number of hydrogen-bond acceptors (Lipinski definition) is 7. The van der Waals surface area contributed by atoms with Crippen molar-refractivity contribution >= 4 is 17.8 Å². The summed E-state index contributed by atoms with van der Waals surface area (Å²) in [4.78, 5) is 34.9. The summed E-state index contributed by atoms with van der Waals surface area (Å²) in [6.07, 6.45) is 1.39. The molecule has 0 saturated heterocycles. The lowest BCUT2D eigenvalue weighted by atomic mass is 10.1. The largest absolute Gasteiger partial charge is 0.366 e. The maximum Gasteiger partial charge on any atom is 0.262 e. The summed E-state index contributed by atoms with van der Waals surface area (Å²) >= 11 is 0. The van der Waals surface area contributed by atoms with Gasteiger partial charge in [-0.3, -0.25) is 14.5 Å². The lowest BCUT2D eigenvalue weighted by Crippen LogP contribution is -2.34. The molecule has 27 heavy (non-hydrogen) atoms. The topological polar surface area (TPSA) is 131 Å². The predicted molar refractivity (Wildman–Crippen MR) is 93.6 cm³/mol. The van der Waals surface area contributed by atoms with E-state index in [9.17, 15) is 9.59 Å². The molecule has 1 unspecified atom stereocenters. The van der Waals surface area contributed by atoms with Gasteiger partial charge in [-0.15, -0.1) is 5.10 Å². The van der Waals surface area contributed by atoms with Crippen LogP contribution in [0.5, 0.6) is 0 Å². The standard InChI is InChI=1S/C18H13N7O2/c1-10(24-16(26)12-4-2-3-5-13(12)17(24)27)15-22-18(20)23-25(15)14-7-6-11(8-19)9-21-14/h2-7,9-10H,1H3,(H2,20,23). The van der Waals surface area contributed by atoms with Crippen LogP contribution >= 0.6 is 0 Å². The summed E-state index contributed by atoms with van der Waals surface area (Å²) in [6, 6.07) is 11.1. The molecular formula is C18H13N7O2. The highest BCUT2D eigenvalue weighted by atomic mass is 16.2. The minimum Gasteiger partial charge on any atom is -0.366 e. The van der Waals surface area contributed by atoms with Crippen LogP contribution in [0.25, 0.3) is 5.82 Å². The third-order valence-electron chi connectivity index (χ3n) is 4.33. The van der Waals surface area contributed by atoms with Crippen LogP contribution in [0.2, 0.25) is 0 Å². The first-order valence-corrected chi connectivity index (χ1v) is 8.07. The first-order valence-electron chi connectivity index (χ1n) is 8.07. The zero-order valence-corrected chi connectivity index (χ0v) is 14.2. The van der Waals surface area contributed by atoms with Gasteiger partial charge in [-0.05, 0) is 31.2 Å². The minimum absolute atomic E-state index is 0.0142. The maximum atomic E-state index is 12.7. The number of fused-ring (bicyclic) bond motifs is 1. The molecular weight excluding hydrogens is 346 g/mol. The highest BCUT2D eigenvalue weighted by Gasteiger charge is 2.40. The number of nitrogen functional groups attached to an aromatic ring is 1. The van der Waals surface area contributed by atoms with Gasteiger partial charge in [-0.25, -0.2) is 4.98 Å². The summed E-state index contributed by atoms with van der Waals surface area (Å²) in [5.41, 5.74) is 6.85. The Balaban J connectivity index is 1.75. The summed E-state index contributed by atoms with van der Waals surface area (Å²) < 4.78 is 1.37. The number of carbonyl (C=O) groups is 2. The highest BCUT2D eigenvalue weighted by Crippen LogP contribution is 2.31. The van der Waals surface area contributed by atoms with E-state index >= 15 is 0 Å². The van der Waals surface area contributed by atoms with Crippen molar-refractivity contribution < 1.29 is 9.59 Å². The molecule has 0 aliphatic carbocycles. The third-order valence-corrected chi connectivity index (χ3v) is 4.33. The quantitative estimate of drug-likeness (QED) is 0.701. The van der Waals surface area contributed by atoms with E-state index in [1.165, 1.54) is 10.9 Å². The fraction of sp³-hybridized carbons (Fsp3) is 0.111. The second kappa shape index (κ2) is 6.03. The number of amides is 2. The van der Waals surface area contributed by atoms with E-state index < -0.39 is 17.9 Å². The Kier molecular flexibility index (Phi) is 3.67. The van der Waals surface area contributed by atoms with E-state index in [0.29, 0.717) is 28.3 Å². The van der Waals surface area contributed by atoms with E-state index in [1.807, 2.05) is 6.07 Å². The SMILES string of the molecule is CC(c1nc(N)nn1-c1ccc(C#N)cn1)N1C(=O)c2ccccc2C1=O. The van der Waals surface area contributed by atoms with Gasteiger partial charge in [0.1, 0.15) is 6.07 Å². The number of imide groups is 1. The van der Waals surface area contributed by atoms with Crippen LogP contribution in [0.3, 0.4) is 0 Å². The van der Waals surface area contributed by atoms with Gasteiger partial charge >= 0.3 is 0 Å². The van der Waals surface area contributed by atoms with Gasteiger partial charge in [0.05, 0.1) is 22.7 Å². The molecule has 0 fully saturated rings. The average molecular weight is 359 g/mol. The second-order valence-corrected chi connectivity index (χ2v) is 5.96. The summed E-state index contributed by atoms with van der Waals surface area (Å²) in [6.45, 7) is 1.67. The number of benzene rings is 1. The van der Waals surface area contributed by atoms with Crippen LogP contribution in [-0.4, -0.2) is 36.5 Å². The molecule has 132 valence electrons. The Labute approximate surface area is 153 Å². The summed E-state index contributed by atoms with van der Waals surface area (Å²) in [5.74, 6) is -0.150. The van der Waals surface area contributed by atoms with Gasteiger partial charge in [0.15, 0.2) is 11.6 Å². The van der Waals surface area contributed by atoms with Crippen LogP contribution in [0.1, 0.15) is 45.1 Å². The number of nitrogens with two attached hydrogens (primary N) is 1. The molecule has 9 heteroatoms. The average Bonchev–Trinajstić information content (AvgIpc) is 3.20. The molecule has 3 aromatic rings. The molecule has 0 saturated carbocycles. The number of rotatable bonds is 3. The molecule has 1 aromatic carbocycles. The Morgan fingerprint density at radius 2 is 1.78 bits per heavy atom. The molecule has 2 aromatic heterocycles. The minimum atomic E-state index is -0.723. The van der Waals surface area contributed by atoms with Crippen molar-refractivity contribution in [2.75, 3.05) is 5.73 Å². The number of aromatic nitrogens is 4. The Bertz CT molecular complexity index is 1080. The van der Waals surface area contributed by atoms with Crippen molar-refractivity contribution in [3.05, 3.63) is 65.1 Å². The first kappa shape index (κ1) is 16.4. The van der Waals surface area contributed by atoms with Crippen LogP contribution in [0.15, 0.2) is 42.6 Å². The van der Waals surface area contributed by atoms with E-state index in [0.717, 1.165) is 4.90 Å². The van der Waals surface area contributed by atoms with Crippen molar-refractivity contribution in [1.29, 1.82) is 5.26 Å². The van der Waals surface area contributed by atoms with Gasteiger partial charge in [0.25, 0.3) is 11.8 Å². The van der Waals surface area contributed by atoms with E-state index in [4.69, 9.17) is 11.0 Å². The normalized spacial score (nSPS) is 14.1. The molecule has 1 atom stereocenters. The van der Waals surface area contributed by atoms with Gasteiger partial charge < -0.3 is 5.73 Å². The second-order valence-electron chi connectivity index (χ2n) is 5.96. The Morgan fingerprint density at radius 1 is 1.11 bits per heavy atom. The van der Waals surface area contributed by atoms with Crippen molar-refractivity contribution in [2.24, 2.45) is 0 Å². The first-order chi connectivity index (χ1) is 13.0. The fourth-order valence-electron chi connectivity index (χ4n) is 3.03. The molecule has 2 N–H and O–H groups in total. The van der Waals surface area contributed by atoms with Gasteiger partial charge in [0, 0.05) is 6.20 Å². The monoisotopic (exact) mass is 359 g/mol. The van der Waals surface area contributed by atoms with Crippen LogP contribution in [0, 0.1) is 11.3 Å². The zero-order valence-electron chi connectivity index (χ0n) is 14.2. The van der Waals surface area contributed by atoms with Gasteiger partial charge in [-0.1, -0.05) is 12.1 Å². The fourth-order valence-corrected chi connectivity index (χ4v) is 3.03. The van der Waals surface area contributed by atoms with Gasteiger partial charge in [-0.2, -0.15) is 14.9 Å². The number of pyridine rings is 1. The van der Waals surface area contributed by atoms with Crippen LogP contribution < -0.4 is 5.73 Å². The molecule has 9 nitrogen and oxygen atoms in total. The molecule has 0 radical (unpaired) electrons. The third kappa shape index (κ3) is 2.51. The Morgan fingerprint density at radius 3 is 2.33 bits per heavy atom. The number of hydrogen-bond donors (Lipinski definition) is 1. The molecule has 1 aliphatic rings. The lowest BCUT2D eigenvalue weighted by Gasteiger charge is -2.21. The van der Waals surface area contributed by atoms with Crippen LogP contribution in [-0.2, 0) is 0 Å². The Hall–Kier alpha value is -4.06. The van der Waals surface area contributed by atoms with Crippen molar-refractivity contribution in [3.8, 4) is 11.9 Å². The molecule has 2 amide bonds. The summed E-state index contributed by atoms with van der Waals surface area (Å²) in [7, 11) is 0. The van der Waals surface area contributed by atoms with Crippen molar-refractivity contribution in [2.45, 2.75) is 13.0 Å². The highest BCUT2D eigenvalue weighted by molar-refractivity contribution is 6.21. The molecule has 3 heterocycles. The number of carbonyl (C=O) groups excluding carboxylic acids is 2. The summed E-state index contributed by atoms with van der Waals surface area (Å²) in [5, 5.41) is 13.0. The zero-order chi connectivity index (χ0) is 19.1. The molecule has 0 bridgehead atoms. The smallest absolute Gasteiger partial charge is 0.262 e. The van der Waals surface area contributed by atoms with Crippen molar-refractivity contribution in [1.82, 2.24) is 24.6 Å². The predicted octanol–water partition coefficient (Wildman–Crippen LogP) is 1.47. The van der Waals surface area contributed by atoms with E-state index in [-0.39, 0.29) is 5.95 Å².